The molecule has 17 heavy (non-hydrogen) atoms. The largest absolute Gasteiger partial charge is 2.00 e. The molecule has 0 atom stereocenters. The Balaban J connectivity index is 0. The van der Waals surface area contributed by atoms with Gasteiger partial charge in [0.25, 0.3) is 0 Å². The summed E-state index contributed by atoms with van der Waals surface area (Å²) in [6, 6.07) is 0. The van der Waals surface area contributed by atoms with Crippen LogP contribution in [0, 0.1) is 7.43 Å². The summed E-state index contributed by atoms with van der Waals surface area (Å²) in [7, 11) is 0. The molecule has 0 nitrogen and oxygen atoms in total. The van der Waals surface area contributed by atoms with Gasteiger partial charge in [-0.05, 0) is 0 Å². The predicted molar refractivity (Wildman–Crippen MR) is 84.9 cm³/mol. The van der Waals surface area contributed by atoms with Gasteiger partial charge in [-0.2, -0.15) is 0 Å². The van der Waals surface area contributed by atoms with Gasteiger partial charge in [-0.15, -0.1) is 0 Å². The fourth-order valence-electron chi connectivity index (χ4n) is 0. The molecule has 0 saturated carbocycles. The second-order valence-electron chi connectivity index (χ2n) is 0. The van der Waals surface area contributed by atoms with Crippen molar-refractivity contribution in [2.24, 2.45) is 0 Å². The van der Waals surface area contributed by atoms with Crippen molar-refractivity contribution in [3.05, 3.63) is 7.43 Å². The summed E-state index contributed by atoms with van der Waals surface area (Å²) in [5.74, 6) is 0. The Bertz CT molecular complexity index is 25.8. The summed E-state index contributed by atoms with van der Waals surface area (Å²) in [6.45, 7) is 0. The first-order valence-corrected chi connectivity index (χ1v) is 0. The number of hydrogen-bond acceptors (Lipinski definition) is 5. The van der Waals surface area contributed by atoms with Crippen LogP contribution in [0.25, 0.3) is 0 Å². The van der Waals surface area contributed by atoms with E-state index >= 15 is 0 Å². The van der Waals surface area contributed by atoms with Crippen LogP contribution in [-0.2, 0) is 249 Å². The van der Waals surface area contributed by atoms with Crippen LogP contribution in [0.15, 0.2) is 0 Å². The van der Waals surface area contributed by atoms with Crippen LogP contribution in [0.1, 0.15) is 0 Å². The first-order valence-electron chi connectivity index (χ1n) is 0. The SMILES string of the molecule is [CH3-].[Fe+2].[Fe].[Fe].[Fe].[Fe].[Fe].[Fe].[Mo].[SH-].[SH-].[SH-].[SH-].[SH-].[SH3+].[SH3+].[SH3+]. The van der Waals surface area contributed by atoms with Gasteiger partial charge in [-0.25, -0.2) is 0 Å². The van der Waals surface area contributed by atoms with Gasteiger partial charge in [0, 0.05) is 123 Å². The summed E-state index contributed by atoms with van der Waals surface area (Å²) in [6.07, 6.45) is 0. The minimum Gasteiger partial charge on any atom is -0.813 e. The van der Waals surface area contributed by atoms with Crippen molar-refractivity contribution in [2.75, 3.05) is 0 Å². The van der Waals surface area contributed by atoms with Crippen LogP contribution in [0.3, 0.4) is 0 Å². The van der Waals surface area contributed by atoms with Gasteiger partial charge in [0.05, 0.1) is 0 Å². The average Bonchev–Trinajstić information content (AvgIpc) is 0. The third-order valence-electron chi connectivity index (χ3n) is 0. The summed E-state index contributed by atoms with van der Waals surface area (Å²) >= 11 is 0. The van der Waals surface area contributed by atoms with E-state index in [1.165, 1.54) is 0 Å². The molecular weight excluding hydrogens is 755 g/mol. The molecule has 0 aromatic heterocycles. The molecule has 0 radical (unpaired) electrons. The van der Waals surface area contributed by atoms with Crippen molar-refractivity contribution < 1.29 is 141 Å². The van der Waals surface area contributed by atoms with E-state index in [1.807, 2.05) is 0 Å². The smallest absolute Gasteiger partial charge is 0.813 e. The fraction of sp³-hybridized carbons (Fsp3) is 0. The van der Waals surface area contributed by atoms with Crippen molar-refractivity contribution in [1.82, 2.24) is 0 Å². The van der Waals surface area contributed by atoms with Gasteiger partial charge in [-0.3, -0.25) is 0 Å². The second-order valence-corrected chi connectivity index (χ2v) is 0. The third-order valence-corrected chi connectivity index (χ3v) is 0. The van der Waals surface area contributed by atoms with E-state index in [1.54, 1.807) is 0 Å². The van der Waals surface area contributed by atoms with E-state index in [0.717, 1.165) is 0 Å². The normalized spacial score (nSPS) is 0. The quantitative estimate of drug-likeness (QED) is 0.0830. The molecule has 0 aromatic carbocycles. The van der Waals surface area contributed by atoms with E-state index in [0.29, 0.717) is 0 Å². The summed E-state index contributed by atoms with van der Waals surface area (Å²) in [5.41, 5.74) is 0. The van der Waals surface area contributed by atoms with Gasteiger partial charge in [0.15, 0.2) is 0 Å². The first-order chi connectivity index (χ1) is 0. The zero-order valence-corrected chi connectivity index (χ0v) is 25.5. The fourth-order valence-corrected chi connectivity index (χ4v) is 0. The topological polar surface area (TPSA) is 0 Å². The summed E-state index contributed by atoms with van der Waals surface area (Å²) in [4.78, 5) is 0. The summed E-state index contributed by atoms with van der Waals surface area (Å²) in [5, 5.41) is 0. The van der Waals surface area contributed by atoms with E-state index in [9.17, 15) is 0 Å². The molecule has 0 aliphatic rings. The van der Waals surface area contributed by atoms with Crippen LogP contribution in [0.2, 0.25) is 0 Å². The Morgan fingerprint density at radius 3 is 0.353 bits per heavy atom. The predicted octanol–water partition coefficient (Wildman–Crippen LogP) is -3.34. The van der Waals surface area contributed by atoms with Gasteiger partial charge >= 0.3 is 17.1 Å². The van der Waals surface area contributed by atoms with Gasteiger partial charge in [-0.1, -0.05) is 40.5 Å². The Labute approximate surface area is 251 Å². The second kappa shape index (κ2) is 223. The molecule has 0 spiro atoms. The first kappa shape index (κ1) is 254. The number of rotatable bonds is 0. The Morgan fingerprint density at radius 2 is 0.353 bits per heavy atom. The molecule has 0 heterocycles. The van der Waals surface area contributed by atoms with Crippen molar-refractivity contribution in [3.8, 4) is 0 Å². The molecule has 0 aliphatic heterocycles. The molecule has 0 saturated heterocycles. The minimum absolute atomic E-state index is 0. The maximum atomic E-state index is 0. The average molecular weight is 773 g/mol. The Hall–Kier alpha value is 7.12. The zero-order chi connectivity index (χ0) is 0. The molecule has 0 aliphatic carbocycles. The van der Waals surface area contributed by atoms with E-state index in [2.05, 4.69) is 0 Å². The minimum atomic E-state index is 0. The standard InChI is InChI=1S/CH3.7Fe.Mo.8H2S/h1H3;;;;;;;;;8*1H2/q-1;;;;;;;+2;;;;;;;;;/p-2. The van der Waals surface area contributed by atoms with E-state index in [-0.39, 0.29) is 256 Å². The Morgan fingerprint density at radius 1 is 0.353 bits per heavy atom. The van der Waals surface area contributed by atoms with Gasteiger partial charge in [0.1, 0.15) is 0 Å². The molecular formula is CH17Fe7MoS8-. The van der Waals surface area contributed by atoms with Crippen molar-refractivity contribution in [3.63, 3.8) is 0 Å². The Kier molecular flexibility index (Phi) is 3330. The van der Waals surface area contributed by atoms with Crippen molar-refractivity contribution in [2.45, 2.75) is 0 Å². The molecule has 0 rings (SSSR count). The van der Waals surface area contributed by atoms with Crippen molar-refractivity contribution in [1.29, 1.82) is 0 Å². The van der Waals surface area contributed by atoms with Crippen LogP contribution < -0.4 is 0 Å². The molecule has 0 N–H and O–H groups in total. The van der Waals surface area contributed by atoms with Crippen LogP contribution in [0.5, 0.6) is 0 Å². The van der Waals surface area contributed by atoms with Gasteiger partial charge in [0.2, 0.25) is 0 Å². The van der Waals surface area contributed by atoms with Crippen LogP contribution in [-0.4, -0.2) is 0 Å². The zero-order valence-electron chi connectivity index (χ0n) is 7.85. The monoisotopic (exact) mass is 774 g/mol. The molecule has 0 fully saturated rings. The van der Waals surface area contributed by atoms with Crippen molar-refractivity contribution >= 4 is 108 Å². The molecule has 0 amide bonds. The molecule has 0 aromatic rings. The van der Waals surface area contributed by atoms with Gasteiger partial charge < -0.3 is 74.9 Å². The molecule has 132 valence electrons. The maximum Gasteiger partial charge on any atom is 2.00 e. The number of thiol groups is 5. The molecule has 0 unspecified atom stereocenters. The van der Waals surface area contributed by atoms with E-state index < -0.39 is 0 Å². The summed E-state index contributed by atoms with van der Waals surface area (Å²) < 4.78 is 0. The third kappa shape index (κ3) is 203. The van der Waals surface area contributed by atoms with E-state index in [4.69, 9.17) is 0 Å². The van der Waals surface area contributed by atoms with Crippen LogP contribution in [0.4, 0.5) is 0 Å². The molecule has 16 heteroatoms. The maximum absolute atomic E-state index is 0. The molecule has 0 bridgehead atoms. The number of hydrogen-bond donors (Lipinski definition) is 0. The van der Waals surface area contributed by atoms with Crippen LogP contribution >= 0.6 is 0 Å².